The average Bonchev–Trinajstić information content (AvgIpc) is 3.76. The first-order chi connectivity index (χ1) is 21.5. The number of aromatic nitrogens is 6. The monoisotopic (exact) mass is 638 g/mol. The molecule has 3 N–H and O–H groups in total. The first-order valence-corrected chi connectivity index (χ1v) is 16.5. The molecule has 234 valence electrons. The highest BCUT2D eigenvalue weighted by molar-refractivity contribution is 7.99. The molecule has 0 saturated heterocycles. The van der Waals surface area contributed by atoms with E-state index in [0.29, 0.717) is 29.6 Å². The molecule has 0 aliphatic heterocycles. The van der Waals surface area contributed by atoms with Crippen molar-refractivity contribution in [3.63, 3.8) is 0 Å². The Morgan fingerprint density at radius 3 is 2.00 bits per heavy atom. The van der Waals surface area contributed by atoms with E-state index in [2.05, 4.69) is 21.2 Å². The van der Waals surface area contributed by atoms with Crippen LogP contribution in [0, 0.1) is 0 Å². The van der Waals surface area contributed by atoms with Crippen LogP contribution >= 0.6 is 23.4 Å². The zero-order chi connectivity index (χ0) is 30.9. The van der Waals surface area contributed by atoms with Gasteiger partial charge in [0.15, 0.2) is 11.3 Å². The molecule has 4 aromatic heterocycles. The van der Waals surface area contributed by atoms with Crippen molar-refractivity contribution in [2.24, 2.45) is 0 Å². The van der Waals surface area contributed by atoms with Crippen LogP contribution in [-0.2, 0) is 4.79 Å². The molecule has 0 aliphatic rings. The van der Waals surface area contributed by atoms with Gasteiger partial charge < -0.3 is 14.6 Å². The normalized spacial score (nSPS) is 11.4. The number of nitrogens with zero attached hydrogens (tertiary/aromatic N) is 4. The third-order valence-corrected chi connectivity index (χ3v) is 8.87. The number of aromatic amines is 2. The standard InChI is InChI=1S/C21H29N3O3S.C11H10ClN3O/c1-27-21-19(20-22-16-12-9-10-13-17(16)24(20)23-21)28-15-11-7-5-3-2-4-6-8-14-18(25)26;1-2-16-11-9(12)10-13-7-5-3-4-6-8(7)15(10)14-11/h9-10,12-13,23H,2-8,11,14-15H2,1H3,(H,25,26);3-6,14H,2H2,1H3. The van der Waals surface area contributed by atoms with Gasteiger partial charge in [0.2, 0.25) is 11.8 Å². The lowest BCUT2D eigenvalue weighted by molar-refractivity contribution is -0.137. The lowest BCUT2D eigenvalue weighted by Crippen LogP contribution is -1.93. The predicted octanol–water partition coefficient (Wildman–Crippen LogP) is 8.38. The van der Waals surface area contributed by atoms with Crippen LogP contribution in [0.2, 0.25) is 5.02 Å². The number of imidazole rings is 2. The number of hydrogen-bond acceptors (Lipinski definition) is 6. The van der Waals surface area contributed by atoms with Gasteiger partial charge in [-0.05, 0) is 49.8 Å². The molecular weight excluding hydrogens is 600 g/mol. The number of ether oxygens (including phenoxy) is 2. The number of carboxylic acid groups (broad SMARTS) is 1. The van der Waals surface area contributed by atoms with Crippen molar-refractivity contribution >= 4 is 62.7 Å². The maximum absolute atomic E-state index is 10.5. The highest BCUT2D eigenvalue weighted by Crippen LogP contribution is 2.35. The Balaban J connectivity index is 0.000000201. The van der Waals surface area contributed by atoms with Gasteiger partial charge in [0.1, 0.15) is 9.92 Å². The quantitative estimate of drug-likeness (QED) is 0.0763. The summed E-state index contributed by atoms with van der Waals surface area (Å²) in [6.45, 7) is 2.49. The summed E-state index contributed by atoms with van der Waals surface area (Å²) in [6, 6.07) is 16.0. The van der Waals surface area contributed by atoms with Crippen LogP contribution < -0.4 is 9.47 Å². The summed E-state index contributed by atoms with van der Waals surface area (Å²) >= 11 is 7.97. The molecule has 0 amide bonds. The van der Waals surface area contributed by atoms with E-state index in [0.717, 1.165) is 63.5 Å². The van der Waals surface area contributed by atoms with Gasteiger partial charge in [-0.15, -0.1) is 11.8 Å². The number of methoxy groups -OCH3 is 1. The second-order valence-corrected chi connectivity index (χ2v) is 12.0. The molecule has 6 aromatic rings. The Morgan fingerprint density at radius 2 is 1.39 bits per heavy atom. The molecule has 12 heteroatoms. The summed E-state index contributed by atoms with van der Waals surface area (Å²) in [7, 11) is 1.69. The van der Waals surface area contributed by atoms with Crippen molar-refractivity contribution < 1.29 is 19.4 Å². The van der Waals surface area contributed by atoms with Gasteiger partial charge in [0, 0.05) is 6.42 Å². The maximum atomic E-state index is 10.5. The number of halogens is 1. The number of carboxylic acids is 1. The minimum Gasteiger partial charge on any atom is -0.481 e. The fourth-order valence-corrected chi connectivity index (χ4v) is 6.51. The topological polar surface area (TPSA) is 122 Å². The minimum absolute atomic E-state index is 0.305. The van der Waals surface area contributed by atoms with Crippen molar-refractivity contribution in [2.45, 2.75) is 69.6 Å². The number of hydrogen-bond donors (Lipinski definition) is 3. The molecule has 0 atom stereocenters. The summed E-state index contributed by atoms with van der Waals surface area (Å²) in [5.41, 5.74) is 5.59. The summed E-state index contributed by atoms with van der Waals surface area (Å²) in [4.78, 5) is 20.7. The zero-order valence-electron chi connectivity index (χ0n) is 25.1. The van der Waals surface area contributed by atoms with Crippen molar-refractivity contribution in [1.82, 2.24) is 29.2 Å². The molecule has 0 bridgehead atoms. The van der Waals surface area contributed by atoms with E-state index >= 15 is 0 Å². The van der Waals surface area contributed by atoms with Crippen molar-refractivity contribution in [1.29, 1.82) is 0 Å². The number of H-pyrrole nitrogens is 2. The van der Waals surface area contributed by atoms with Crippen LogP contribution in [0.1, 0.15) is 64.7 Å². The first kappa shape index (κ1) is 31.6. The molecule has 0 radical (unpaired) electrons. The zero-order valence-corrected chi connectivity index (χ0v) is 26.7. The van der Waals surface area contributed by atoms with Crippen LogP contribution in [0.15, 0.2) is 53.4 Å². The molecular formula is C32H39ClN6O4S. The van der Waals surface area contributed by atoms with Gasteiger partial charge in [-0.25, -0.2) is 19.0 Å². The maximum Gasteiger partial charge on any atom is 0.303 e. The second-order valence-electron chi connectivity index (χ2n) is 10.5. The fraction of sp³-hybridized carbons (Fsp3) is 0.406. The predicted molar refractivity (Wildman–Crippen MR) is 177 cm³/mol. The number of benzene rings is 2. The van der Waals surface area contributed by atoms with Crippen molar-refractivity contribution in [2.75, 3.05) is 19.5 Å². The lowest BCUT2D eigenvalue weighted by Gasteiger charge is -2.03. The summed E-state index contributed by atoms with van der Waals surface area (Å²) in [5.74, 6) is 1.71. The van der Waals surface area contributed by atoms with Gasteiger partial charge in [0.05, 0.1) is 35.8 Å². The lowest BCUT2D eigenvalue weighted by atomic mass is 10.1. The van der Waals surface area contributed by atoms with Crippen LogP contribution in [0.3, 0.4) is 0 Å². The number of fused-ring (bicyclic) bond motifs is 6. The highest BCUT2D eigenvalue weighted by Gasteiger charge is 2.17. The Morgan fingerprint density at radius 1 is 0.841 bits per heavy atom. The molecule has 0 spiro atoms. The van der Waals surface area contributed by atoms with Gasteiger partial charge in [0.25, 0.3) is 0 Å². The van der Waals surface area contributed by atoms with Crippen molar-refractivity contribution in [3.05, 3.63) is 53.6 Å². The molecule has 4 heterocycles. The number of aliphatic carboxylic acids is 1. The Kier molecular flexibility index (Phi) is 11.0. The van der Waals surface area contributed by atoms with Crippen LogP contribution in [-0.4, -0.2) is 59.7 Å². The number of unbranched alkanes of at least 4 members (excludes halogenated alkanes) is 7. The molecule has 0 aliphatic carbocycles. The van der Waals surface area contributed by atoms with E-state index in [-0.39, 0.29) is 0 Å². The molecule has 6 rings (SSSR count). The van der Waals surface area contributed by atoms with Gasteiger partial charge in [-0.1, -0.05) is 74.4 Å². The van der Waals surface area contributed by atoms with Gasteiger partial charge in [-0.3, -0.25) is 15.0 Å². The summed E-state index contributed by atoms with van der Waals surface area (Å²) in [5, 5.41) is 15.5. The number of rotatable bonds is 15. The minimum atomic E-state index is -0.683. The Labute approximate surface area is 265 Å². The van der Waals surface area contributed by atoms with E-state index in [1.54, 1.807) is 18.9 Å². The number of thioether (sulfide) groups is 1. The SMILES string of the molecule is CCOc1[nH]n2c(nc3ccccc32)c1Cl.COc1[nH]n2c(nc3ccccc32)c1SCCCCCCCCCCC(=O)O. The van der Waals surface area contributed by atoms with Gasteiger partial charge in [-0.2, -0.15) is 0 Å². The molecule has 0 fully saturated rings. The Hall–Kier alpha value is -3.83. The molecule has 0 unspecified atom stereocenters. The smallest absolute Gasteiger partial charge is 0.303 e. The third kappa shape index (κ3) is 7.27. The van der Waals surface area contributed by atoms with Crippen LogP contribution in [0.5, 0.6) is 11.8 Å². The fourth-order valence-electron chi connectivity index (χ4n) is 5.21. The highest BCUT2D eigenvalue weighted by atomic mass is 35.5. The van der Waals surface area contributed by atoms with E-state index in [4.69, 9.17) is 31.2 Å². The number of nitrogens with one attached hydrogen (secondary N) is 2. The average molecular weight is 639 g/mol. The van der Waals surface area contributed by atoms with E-state index < -0.39 is 5.97 Å². The van der Waals surface area contributed by atoms with Crippen molar-refractivity contribution in [3.8, 4) is 11.8 Å². The number of carbonyl (C=O) groups is 1. The second kappa shape index (κ2) is 15.3. The third-order valence-electron chi connectivity index (χ3n) is 7.38. The Bertz CT molecular complexity index is 1820. The van der Waals surface area contributed by atoms with Crippen LogP contribution in [0.25, 0.3) is 33.4 Å². The molecule has 44 heavy (non-hydrogen) atoms. The van der Waals surface area contributed by atoms with Crippen LogP contribution in [0.4, 0.5) is 0 Å². The molecule has 10 nitrogen and oxygen atoms in total. The molecule has 2 aromatic carbocycles. The summed E-state index contributed by atoms with van der Waals surface area (Å²) < 4.78 is 14.7. The molecule has 0 saturated carbocycles. The largest absolute Gasteiger partial charge is 0.481 e. The number of para-hydroxylation sites is 4. The van der Waals surface area contributed by atoms with E-state index in [1.165, 1.54) is 32.1 Å². The van der Waals surface area contributed by atoms with Gasteiger partial charge >= 0.3 is 5.97 Å². The van der Waals surface area contributed by atoms with E-state index in [9.17, 15) is 4.79 Å². The summed E-state index contributed by atoms with van der Waals surface area (Å²) in [6.07, 6.45) is 9.37. The first-order valence-electron chi connectivity index (χ1n) is 15.2. The van der Waals surface area contributed by atoms with E-state index in [1.807, 2.05) is 58.4 Å².